The molecule has 7 rings (SSSR count). The number of alkyl halides is 1. The normalized spacial score (nSPS) is 19.4. The zero-order valence-corrected chi connectivity index (χ0v) is 40.7. The fourth-order valence-electron chi connectivity index (χ4n) is 9.18. The number of para-hydroxylation sites is 1. The van der Waals surface area contributed by atoms with Crippen molar-refractivity contribution in [3.63, 3.8) is 0 Å². The molecule has 0 aliphatic carbocycles. The van der Waals surface area contributed by atoms with Crippen LogP contribution in [0, 0.1) is 24.0 Å². The number of fused-ring (bicyclic) bond motifs is 3. The number of thiazole rings is 1. The summed E-state index contributed by atoms with van der Waals surface area (Å²) in [6.45, 7) is 12.5. The van der Waals surface area contributed by atoms with Crippen molar-refractivity contribution in [1.29, 1.82) is 0 Å². The van der Waals surface area contributed by atoms with Crippen LogP contribution in [-0.2, 0) is 32.1 Å². The van der Waals surface area contributed by atoms with E-state index in [1.54, 1.807) is 16.8 Å². The van der Waals surface area contributed by atoms with Gasteiger partial charge in [-0.05, 0) is 75.1 Å². The predicted octanol–water partition coefficient (Wildman–Crippen LogP) is 8.50. The highest BCUT2D eigenvalue weighted by Gasteiger charge is 2.45. The number of aliphatic hydroxyl groups excluding tert-OH is 1. The van der Waals surface area contributed by atoms with Crippen molar-refractivity contribution in [3.8, 4) is 16.2 Å². The maximum absolute atomic E-state index is 16.0. The minimum atomic E-state index is -1.61. The molecule has 1 saturated heterocycles. The van der Waals surface area contributed by atoms with Crippen LogP contribution in [0.1, 0.15) is 94.9 Å². The van der Waals surface area contributed by atoms with Crippen molar-refractivity contribution in [3.05, 3.63) is 118 Å². The zero-order chi connectivity index (χ0) is 48.9. The van der Waals surface area contributed by atoms with Crippen molar-refractivity contribution in [2.24, 2.45) is 5.41 Å². The molecule has 2 aliphatic heterocycles. The second-order valence-electron chi connectivity index (χ2n) is 19.6. The lowest BCUT2D eigenvalue weighted by atomic mass is 9.85. The number of ether oxygens (including phenoxy) is 2. The molecule has 16 heteroatoms. The summed E-state index contributed by atoms with van der Waals surface area (Å²) >= 11 is 1.56. The number of H-pyrrole nitrogens is 1. The molecule has 4 N–H and O–H groups in total. The Morgan fingerprint density at radius 1 is 1.01 bits per heavy atom. The van der Waals surface area contributed by atoms with Gasteiger partial charge < -0.3 is 35.1 Å². The number of nitrogens with one attached hydrogen (secondary N) is 3. The quantitative estimate of drug-likeness (QED) is 0.0505. The number of carbonyl (C=O) groups is 3. The summed E-state index contributed by atoms with van der Waals surface area (Å²) in [4.78, 5) is 52.4. The van der Waals surface area contributed by atoms with Gasteiger partial charge in [0.15, 0.2) is 0 Å². The molecule has 5 atom stereocenters. The molecule has 5 aromatic rings. The van der Waals surface area contributed by atoms with Crippen molar-refractivity contribution < 1.29 is 42.1 Å². The maximum atomic E-state index is 16.0. The lowest BCUT2D eigenvalue weighted by molar-refractivity contribution is -0.144. The summed E-state index contributed by atoms with van der Waals surface area (Å²) in [6, 6.07) is 15.0. The lowest BCUT2D eigenvalue weighted by Gasteiger charge is -2.43. The highest BCUT2D eigenvalue weighted by molar-refractivity contribution is 7.13. The third kappa shape index (κ3) is 12.0. The van der Waals surface area contributed by atoms with Crippen molar-refractivity contribution in [2.45, 2.75) is 117 Å². The maximum Gasteiger partial charge on any atom is 0.246 e. The molecule has 68 heavy (non-hydrogen) atoms. The van der Waals surface area contributed by atoms with E-state index >= 15 is 13.2 Å². The van der Waals surface area contributed by atoms with Gasteiger partial charge in [-0.2, -0.15) is 0 Å². The first kappa shape index (κ1) is 50.3. The number of amides is 3. The summed E-state index contributed by atoms with van der Waals surface area (Å²) in [6.07, 6.45) is 4.38. The number of hydrogen-bond donors (Lipinski definition) is 4. The molecule has 1 fully saturated rings. The van der Waals surface area contributed by atoms with Gasteiger partial charge in [-0.3, -0.25) is 19.3 Å². The number of halogens is 3. The first-order valence-corrected chi connectivity index (χ1v) is 24.1. The number of rotatable bonds is 18. The van der Waals surface area contributed by atoms with E-state index in [0.717, 1.165) is 38.2 Å². The van der Waals surface area contributed by atoms with Crippen molar-refractivity contribution in [2.75, 3.05) is 32.9 Å². The Balaban J connectivity index is 0.863. The van der Waals surface area contributed by atoms with Crippen LogP contribution < -0.4 is 15.4 Å². The van der Waals surface area contributed by atoms with Crippen molar-refractivity contribution in [1.82, 2.24) is 30.4 Å². The minimum absolute atomic E-state index is 0.0182. The zero-order valence-electron chi connectivity index (χ0n) is 39.8. The lowest BCUT2D eigenvalue weighted by Crippen LogP contribution is -2.58. The first-order valence-electron chi connectivity index (χ1n) is 23.2. The van der Waals surface area contributed by atoms with E-state index in [0.29, 0.717) is 25.0 Å². The van der Waals surface area contributed by atoms with E-state index in [4.69, 9.17) is 9.47 Å². The average Bonchev–Trinajstić information content (AvgIpc) is 4.00. The molecule has 12 nitrogen and oxygen atoms in total. The van der Waals surface area contributed by atoms with E-state index in [2.05, 4.69) is 20.6 Å². The van der Waals surface area contributed by atoms with Gasteiger partial charge in [-0.1, -0.05) is 75.4 Å². The van der Waals surface area contributed by atoms with Gasteiger partial charge in [0, 0.05) is 66.4 Å². The van der Waals surface area contributed by atoms with Gasteiger partial charge in [-0.15, -0.1) is 11.3 Å². The predicted molar refractivity (Wildman–Crippen MR) is 258 cm³/mol. The molecule has 0 unspecified atom stereocenters. The summed E-state index contributed by atoms with van der Waals surface area (Å²) in [7, 11) is 0. The molecule has 0 saturated carbocycles. The molecule has 2 aromatic heterocycles. The molecular formula is C52H63F3N6O6S. The van der Waals surface area contributed by atoms with Crippen LogP contribution in [0.3, 0.4) is 0 Å². The number of hydrogen-bond acceptors (Lipinski definition) is 9. The number of nitrogens with zero attached hydrogens (tertiary/aromatic N) is 3. The van der Waals surface area contributed by atoms with E-state index < -0.39 is 64.7 Å². The Morgan fingerprint density at radius 2 is 1.71 bits per heavy atom. The number of likely N-dealkylation sites (tertiary alicyclic amines) is 1. The Hall–Kier alpha value is -5.55. The fourth-order valence-corrected chi connectivity index (χ4v) is 10.00. The van der Waals surface area contributed by atoms with Gasteiger partial charge in [-0.25, -0.2) is 18.2 Å². The third-order valence-electron chi connectivity index (χ3n) is 12.5. The molecule has 4 heterocycles. The summed E-state index contributed by atoms with van der Waals surface area (Å²) in [5.41, 5.74) is 4.67. The largest absolute Gasteiger partial charge is 0.493 e. The minimum Gasteiger partial charge on any atom is -0.493 e. The van der Waals surface area contributed by atoms with E-state index in [-0.39, 0.29) is 63.2 Å². The highest BCUT2D eigenvalue weighted by Crippen LogP contribution is 2.44. The van der Waals surface area contributed by atoms with Crippen LogP contribution in [0.5, 0.6) is 5.75 Å². The van der Waals surface area contributed by atoms with Crippen LogP contribution >= 0.6 is 11.3 Å². The van der Waals surface area contributed by atoms with Crippen LogP contribution in [0.2, 0.25) is 0 Å². The number of aliphatic hydroxyl groups is 1. The Labute approximate surface area is 400 Å². The monoisotopic (exact) mass is 956 g/mol. The summed E-state index contributed by atoms with van der Waals surface area (Å²) < 4.78 is 58.6. The molecule has 2 aliphatic rings. The van der Waals surface area contributed by atoms with Crippen LogP contribution in [0.4, 0.5) is 13.2 Å². The third-order valence-corrected chi connectivity index (χ3v) is 13.5. The van der Waals surface area contributed by atoms with Gasteiger partial charge in [0.05, 0.1) is 41.4 Å². The van der Waals surface area contributed by atoms with Gasteiger partial charge >= 0.3 is 0 Å². The molecule has 3 amide bonds. The van der Waals surface area contributed by atoms with Crippen LogP contribution in [0.15, 0.2) is 78.3 Å². The number of benzene rings is 3. The SMILES string of the molecule is Cc1ncsc1-c1ccc(CNC(=O)[C@@H]2C[C@@H](O)CN2C(=O)[C@@H](NC(=O)COCC/C=C/CCOc2cc(F)c([C@@H]3c4[nH]c5ccccc5c4C[C@@H](C)N3CC(C)(C)F)c(F)c2)C(C)(C)C)cc1. The van der Waals surface area contributed by atoms with Gasteiger partial charge in [0.2, 0.25) is 17.7 Å². The van der Waals surface area contributed by atoms with E-state index in [9.17, 15) is 19.5 Å². The molecule has 3 aromatic carbocycles. The second kappa shape index (κ2) is 21.4. The average molecular weight is 957 g/mol. The molecular weight excluding hydrogens is 894 g/mol. The fraction of sp³-hybridized carbons (Fsp3) is 0.462. The smallest absolute Gasteiger partial charge is 0.246 e. The summed E-state index contributed by atoms with van der Waals surface area (Å²) in [5.74, 6) is -2.88. The first-order chi connectivity index (χ1) is 32.3. The molecule has 0 radical (unpaired) electrons. The Kier molecular flexibility index (Phi) is 15.8. The topological polar surface area (TPSA) is 149 Å². The number of aromatic amines is 1. The Bertz CT molecular complexity index is 2580. The number of aromatic nitrogens is 2. The van der Waals surface area contributed by atoms with E-state index in [1.807, 2.05) is 100 Å². The number of aryl methyl sites for hydroxylation is 1. The summed E-state index contributed by atoms with van der Waals surface area (Å²) in [5, 5.41) is 17.3. The highest BCUT2D eigenvalue weighted by atomic mass is 32.1. The van der Waals surface area contributed by atoms with Crippen LogP contribution in [0.25, 0.3) is 21.3 Å². The van der Waals surface area contributed by atoms with Crippen molar-refractivity contribution >= 4 is 40.0 Å². The van der Waals surface area contributed by atoms with E-state index in [1.165, 1.54) is 30.9 Å². The van der Waals surface area contributed by atoms with Gasteiger partial charge in [0.25, 0.3) is 0 Å². The van der Waals surface area contributed by atoms with Gasteiger partial charge in [0.1, 0.15) is 41.7 Å². The standard InChI is InChI=1S/C52H63F3N6O6S/c1-31-22-38-37-14-10-11-15-41(37)58-45(38)46(61(31)29-52(6,7)55)44-39(53)24-36(25-40(44)54)67-21-13-9-8-12-20-66-28-43(63)59-48(51(3,4)5)50(65)60-27-35(62)23-42(60)49(64)56-26-33-16-18-34(19-17-33)47-32(2)57-30-68-47/h8-11,14-19,24-25,30-31,35,42,46,48,58,62H,12-13,20-23,26-29H2,1-7H3,(H,56,64)(H,59,63)/b9-8+/t31-,35-,42+,46-,48-/m1/s1. The Morgan fingerprint density at radius 3 is 2.37 bits per heavy atom. The molecule has 0 bridgehead atoms. The second-order valence-corrected chi connectivity index (χ2v) is 20.5. The molecule has 364 valence electrons. The number of β-amino-alcohol motifs (C(OH)–C–C–N with tert-alkyl or cyclic N) is 1. The number of carbonyl (C=O) groups excluding carboxylic acids is 3. The molecule has 0 spiro atoms. The van der Waals surface area contributed by atoms with Crippen LogP contribution in [-0.4, -0.2) is 105 Å².